The lowest BCUT2D eigenvalue weighted by atomic mass is 10.0. The van der Waals surface area contributed by atoms with Gasteiger partial charge in [0.2, 0.25) is 0 Å². The number of non-ortho nitro benzene ring substituents is 1. The number of carbonyl (C=O) groups excluding carboxylic acids is 1. The fourth-order valence-corrected chi connectivity index (χ4v) is 2.06. The molecule has 1 atom stereocenters. The number of Topliss-reactive ketones (excluding diaryl/α,β-unsaturated/α-hetero) is 1. The van der Waals surface area contributed by atoms with Gasteiger partial charge in [0.1, 0.15) is 12.4 Å². The Morgan fingerprint density at radius 2 is 1.90 bits per heavy atom. The summed E-state index contributed by atoms with van der Waals surface area (Å²) < 4.78 is 5.57. The number of nitro groups is 1. The third-order valence-corrected chi connectivity index (χ3v) is 3.59. The number of fused-ring (bicyclic) bond motifs is 1. The smallest absolute Gasteiger partial charge is 0.277 e. The summed E-state index contributed by atoms with van der Waals surface area (Å²) in [5.74, 6) is 0.474. The van der Waals surface area contributed by atoms with Crippen molar-refractivity contribution in [3.8, 4) is 5.75 Å². The van der Waals surface area contributed by atoms with Crippen LogP contribution >= 0.6 is 0 Å². The zero-order chi connectivity index (χ0) is 15.4. The normalized spacial score (nSPS) is 12.1. The Morgan fingerprint density at radius 1 is 1.24 bits per heavy atom. The van der Waals surface area contributed by atoms with E-state index in [9.17, 15) is 14.9 Å². The third-order valence-electron chi connectivity index (χ3n) is 3.59. The molecule has 0 bridgehead atoms. The minimum absolute atomic E-state index is 0.0171. The average molecular weight is 287 g/mol. The van der Waals surface area contributed by atoms with Crippen LogP contribution in [0.2, 0.25) is 0 Å². The van der Waals surface area contributed by atoms with Crippen LogP contribution < -0.4 is 4.74 Å². The van der Waals surface area contributed by atoms with Gasteiger partial charge in [-0.15, -0.1) is 0 Å². The Hall–Kier alpha value is -2.43. The van der Waals surface area contributed by atoms with Crippen LogP contribution in [0.1, 0.15) is 20.3 Å². The molecule has 0 N–H and O–H groups in total. The topological polar surface area (TPSA) is 69.4 Å². The quantitative estimate of drug-likeness (QED) is 0.599. The minimum atomic E-state index is -0.420. The van der Waals surface area contributed by atoms with Crippen LogP contribution in [-0.2, 0) is 4.79 Å². The summed E-state index contributed by atoms with van der Waals surface area (Å²) in [5, 5.41) is 12.2. The van der Waals surface area contributed by atoms with Gasteiger partial charge in [0.05, 0.1) is 10.3 Å². The fourth-order valence-electron chi connectivity index (χ4n) is 2.06. The van der Waals surface area contributed by atoms with Crippen molar-refractivity contribution in [1.29, 1.82) is 0 Å². The predicted octanol–water partition coefficient (Wildman–Crippen LogP) is 3.74. The van der Waals surface area contributed by atoms with Crippen LogP contribution in [0.25, 0.3) is 10.8 Å². The van der Waals surface area contributed by atoms with Crippen molar-refractivity contribution in [2.24, 2.45) is 5.92 Å². The zero-order valence-corrected chi connectivity index (χ0v) is 12.0. The van der Waals surface area contributed by atoms with Crippen LogP contribution in [0.3, 0.4) is 0 Å². The molecule has 0 amide bonds. The maximum absolute atomic E-state index is 11.8. The van der Waals surface area contributed by atoms with Gasteiger partial charge in [-0.2, -0.15) is 0 Å². The number of nitro benzene ring substituents is 1. The number of hydrogen-bond donors (Lipinski definition) is 0. The summed E-state index contributed by atoms with van der Waals surface area (Å²) in [6.45, 7) is 3.79. The molecule has 5 nitrogen and oxygen atoms in total. The summed E-state index contributed by atoms with van der Waals surface area (Å²) in [6.07, 6.45) is 0.767. The molecule has 0 aromatic heterocycles. The van der Waals surface area contributed by atoms with Crippen LogP contribution in [-0.4, -0.2) is 17.3 Å². The lowest BCUT2D eigenvalue weighted by molar-refractivity contribution is -0.383. The van der Waals surface area contributed by atoms with E-state index >= 15 is 0 Å². The van der Waals surface area contributed by atoms with E-state index in [4.69, 9.17) is 4.74 Å². The minimum Gasteiger partial charge on any atom is -0.485 e. The van der Waals surface area contributed by atoms with Gasteiger partial charge < -0.3 is 4.74 Å². The van der Waals surface area contributed by atoms with Crippen LogP contribution in [0.15, 0.2) is 36.4 Å². The maximum atomic E-state index is 11.8. The number of ketones is 1. The lowest BCUT2D eigenvalue weighted by Gasteiger charge is -2.11. The fraction of sp³-hybridized carbons (Fsp3) is 0.312. The summed E-state index contributed by atoms with van der Waals surface area (Å²) in [5.41, 5.74) is 0.0335. The number of nitrogens with zero attached hydrogens (tertiary/aromatic N) is 1. The van der Waals surface area contributed by atoms with E-state index in [2.05, 4.69) is 0 Å². The summed E-state index contributed by atoms with van der Waals surface area (Å²) >= 11 is 0. The van der Waals surface area contributed by atoms with E-state index < -0.39 is 4.92 Å². The van der Waals surface area contributed by atoms with Crippen molar-refractivity contribution < 1.29 is 14.5 Å². The van der Waals surface area contributed by atoms with Crippen molar-refractivity contribution in [3.63, 3.8) is 0 Å². The van der Waals surface area contributed by atoms with Gasteiger partial charge >= 0.3 is 0 Å². The Labute approximate surface area is 122 Å². The summed E-state index contributed by atoms with van der Waals surface area (Å²) in [6, 6.07) is 9.91. The van der Waals surface area contributed by atoms with Crippen LogP contribution in [0.4, 0.5) is 5.69 Å². The number of benzene rings is 2. The van der Waals surface area contributed by atoms with Gasteiger partial charge in [-0.05, 0) is 18.6 Å². The lowest BCUT2D eigenvalue weighted by Crippen LogP contribution is -2.18. The second-order valence-corrected chi connectivity index (χ2v) is 4.95. The second kappa shape index (κ2) is 6.35. The molecule has 0 radical (unpaired) electrons. The maximum Gasteiger partial charge on any atom is 0.277 e. The molecular formula is C16H17NO4. The Balaban J connectivity index is 2.32. The highest BCUT2D eigenvalue weighted by atomic mass is 16.6. The molecule has 0 saturated carbocycles. The standard InChI is InChI=1S/C16H17NO4/c1-3-11(2)15(18)10-21-16-9-8-14(17(19)20)12-6-4-5-7-13(12)16/h4-9,11H,3,10H2,1-2H3. The molecule has 110 valence electrons. The molecular weight excluding hydrogens is 270 g/mol. The third kappa shape index (κ3) is 3.18. The van der Waals surface area contributed by atoms with Crippen molar-refractivity contribution in [2.75, 3.05) is 6.61 Å². The predicted molar refractivity (Wildman–Crippen MR) is 80.6 cm³/mol. The van der Waals surface area contributed by atoms with E-state index in [1.54, 1.807) is 30.3 Å². The van der Waals surface area contributed by atoms with Gasteiger partial charge in [0, 0.05) is 17.4 Å². The first-order valence-corrected chi connectivity index (χ1v) is 6.86. The first-order chi connectivity index (χ1) is 10.0. The monoisotopic (exact) mass is 287 g/mol. The molecule has 0 aliphatic rings. The van der Waals surface area contributed by atoms with E-state index in [1.807, 2.05) is 13.8 Å². The number of carbonyl (C=O) groups is 1. The zero-order valence-electron chi connectivity index (χ0n) is 12.0. The van der Waals surface area contributed by atoms with Crippen molar-refractivity contribution in [1.82, 2.24) is 0 Å². The van der Waals surface area contributed by atoms with Gasteiger partial charge in [-0.25, -0.2) is 0 Å². The number of ether oxygens (including phenoxy) is 1. The first kappa shape index (κ1) is 15.0. The molecule has 0 heterocycles. The Bertz CT molecular complexity index is 681. The number of rotatable bonds is 6. The van der Waals surface area contributed by atoms with Crippen molar-refractivity contribution >= 4 is 22.2 Å². The molecule has 2 aromatic rings. The molecule has 1 unspecified atom stereocenters. The first-order valence-electron chi connectivity index (χ1n) is 6.86. The molecule has 0 aliphatic carbocycles. The van der Waals surface area contributed by atoms with Gasteiger partial charge in [-0.3, -0.25) is 14.9 Å². The van der Waals surface area contributed by atoms with E-state index in [0.717, 1.165) is 6.42 Å². The van der Waals surface area contributed by atoms with E-state index in [1.165, 1.54) is 6.07 Å². The molecule has 0 saturated heterocycles. The molecule has 0 spiro atoms. The molecule has 2 rings (SSSR count). The van der Waals surface area contributed by atoms with E-state index in [-0.39, 0.29) is 24.0 Å². The van der Waals surface area contributed by atoms with Crippen molar-refractivity contribution in [3.05, 3.63) is 46.5 Å². The Kier molecular flexibility index (Phi) is 4.52. The number of hydrogen-bond acceptors (Lipinski definition) is 4. The van der Waals surface area contributed by atoms with Crippen LogP contribution in [0, 0.1) is 16.0 Å². The van der Waals surface area contributed by atoms with Gasteiger partial charge in [0.15, 0.2) is 5.78 Å². The van der Waals surface area contributed by atoms with Gasteiger partial charge in [-0.1, -0.05) is 32.0 Å². The highest BCUT2D eigenvalue weighted by molar-refractivity contribution is 5.95. The highest BCUT2D eigenvalue weighted by Crippen LogP contribution is 2.32. The highest BCUT2D eigenvalue weighted by Gasteiger charge is 2.16. The average Bonchev–Trinajstić information content (AvgIpc) is 2.51. The molecule has 5 heteroatoms. The second-order valence-electron chi connectivity index (χ2n) is 4.95. The summed E-state index contributed by atoms with van der Waals surface area (Å²) in [7, 11) is 0. The molecule has 0 fully saturated rings. The van der Waals surface area contributed by atoms with Crippen LogP contribution in [0.5, 0.6) is 5.75 Å². The van der Waals surface area contributed by atoms with E-state index in [0.29, 0.717) is 16.5 Å². The molecule has 21 heavy (non-hydrogen) atoms. The summed E-state index contributed by atoms with van der Waals surface area (Å²) in [4.78, 5) is 22.4. The Morgan fingerprint density at radius 3 is 2.52 bits per heavy atom. The van der Waals surface area contributed by atoms with Gasteiger partial charge in [0.25, 0.3) is 5.69 Å². The molecule has 2 aromatic carbocycles. The molecule has 0 aliphatic heterocycles. The van der Waals surface area contributed by atoms with Crippen molar-refractivity contribution in [2.45, 2.75) is 20.3 Å². The largest absolute Gasteiger partial charge is 0.485 e. The SMILES string of the molecule is CCC(C)C(=O)COc1ccc([N+](=O)[O-])c2ccccc12.